The Morgan fingerprint density at radius 1 is 0.885 bits per heavy atom. The largest absolute Gasteiger partial charge is 0.372 e. The molecule has 0 aliphatic heterocycles. The van der Waals surface area contributed by atoms with Crippen LogP contribution in [0.25, 0.3) is 0 Å². The van der Waals surface area contributed by atoms with Crippen LogP contribution in [0, 0.1) is 11.3 Å². The van der Waals surface area contributed by atoms with Crippen molar-refractivity contribution in [1.29, 1.82) is 5.26 Å². The fourth-order valence-electron chi connectivity index (χ4n) is 2.53. The minimum Gasteiger partial charge on any atom is -0.372 e. The topological polar surface area (TPSA) is 85.2 Å². The molecule has 0 aromatic heterocycles. The Hall–Kier alpha value is -3.33. The molecule has 2 rings (SSSR count). The van der Waals surface area contributed by atoms with Crippen LogP contribution in [-0.2, 0) is 9.59 Å². The van der Waals surface area contributed by atoms with Crippen molar-refractivity contribution >= 4 is 28.9 Å². The molecule has 6 nitrogen and oxygen atoms in total. The van der Waals surface area contributed by atoms with Gasteiger partial charge >= 0.3 is 0 Å². The molecule has 6 heteroatoms. The molecule has 0 unspecified atom stereocenters. The average Bonchev–Trinajstić information content (AvgIpc) is 2.64. The number of nitrogens with one attached hydrogen (secondary N) is 2. The van der Waals surface area contributed by atoms with E-state index >= 15 is 0 Å². The van der Waals surface area contributed by atoms with E-state index in [-0.39, 0.29) is 12.3 Å². The van der Waals surface area contributed by atoms with Crippen LogP contribution < -0.4 is 15.5 Å². The third-order valence-corrected chi connectivity index (χ3v) is 3.90. The van der Waals surface area contributed by atoms with Crippen molar-refractivity contribution in [1.82, 2.24) is 0 Å². The van der Waals surface area contributed by atoms with Crippen LogP contribution >= 0.6 is 0 Å². The second kappa shape index (κ2) is 9.23. The smallest absolute Gasteiger partial charge is 0.233 e. The normalized spacial score (nSPS) is 9.88. The summed E-state index contributed by atoms with van der Waals surface area (Å²) in [6.45, 7) is 6.01. The number of nitrogens with zero attached hydrogens (tertiary/aromatic N) is 2. The molecule has 0 spiro atoms. The van der Waals surface area contributed by atoms with Crippen LogP contribution in [0.5, 0.6) is 0 Å². The molecule has 26 heavy (non-hydrogen) atoms. The number of hydrogen-bond acceptors (Lipinski definition) is 4. The van der Waals surface area contributed by atoms with Gasteiger partial charge in [0.15, 0.2) is 0 Å². The van der Waals surface area contributed by atoms with E-state index < -0.39 is 5.91 Å². The zero-order valence-corrected chi connectivity index (χ0v) is 15.0. The van der Waals surface area contributed by atoms with Crippen LogP contribution in [0.4, 0.5) is 17.1 Å². The first kappa shape index (κ1) is 19.0. The second-order valence-corrected chi connectivity index (χ2v) is 5.68. The summed E-state index contributed by atoms with van der Waals surface area (Å²) in [5.41, 5.74) is 2.79. The van der Waals surface area contributed by atoms with Gasteiger partial charge in [-0.1, -0.05) is 0 Å². The first-order valence-corrected chi connectivity index (χ1v) is 8.50. The lowest BCUT2D eigenvalue weighted by Gasteiger charge is -2.21. The molecule has 0 saturated heterocycles. The van der Waals surface area contributed by atoms with Crippen molar-refractivity contribution in [3.05, 3.63) is 54.1 Å². The molecule has 0 atom stereocenters. The molecule has 0 saturated carbocycles. The number of benzene rings is 2. The van der Waals surface area contributed by atoms with Crippen LogP contribution in [0.1, 0.15) is 25.8 Å². The zero-order chi connectivity index (χ0) is 18.9. The lowest BCUT2D eigenvalue weighted by atomic mass is 10.2. The molecule has 0 fully saturated rings. The fourth-order valence-corrected chi connectivity index (χ4v) is 2.53. The van der Waals surface area contributed by atoms with Gasteiger partial charge in [-0.15, -0.1) is 0 Å². The molecule has 0 bridgehead atoms. The highest BCUT2D eigenvalue weighted by Gasteiger charge is 2.10. The SMILES string of the molecule is CCN(CC)c1ccc(NC(=O)CC(=O)Nc2ccc(C#N)cc2)cc1. The highest BCUT2D eigenvalue weighted by molar-refractivity contribution is 6.08. The van der Waals surface area contributed by atoms with Gasteiger partial charge in [0.1, 0.15) is 6.42 Å². The van der Waals surface area contributed by atoms with E-state index in [1.807, 2.05) is 30.3 Å². The third-order valence-electron chi connectivity index (χ3n) is 3.90. The van der Waals surface area contributed by atoms with Gasteiger partial charge in [-0.2, -0.15) is 5.26 Å². The first-order valence-electron chi connectivity index (χ1n) is 8.50. The average molecular weight is 350 g/mol. The van der Waals surface area contributed by atoms with Crippen LogP contribution in [-0.4, -0.2) is 24.9 Å². The van der Waals surface area contributed by atoms with Crippen molar-refractivity contribution in [3.8, 4) is 6.07 Å². The first-order chi connectivity index (χ1) is 12.5. The van der Waals surface area contributed by atoms with Gasteiger partial charge in [0, 0.05) is 30.2 Å². The third kappa shape index (κ3) is 5.35. The number of carbonyl (C=O) groups excluding carboxylic acids is 2. The van der Waals surface area contributed by atoms with Gasteiger partial charge in [-0.3, -0.25) is 9.59 Å². The monoisotopic (exact) mass is 350 g/mol. The molecule has 0 aliphatic rings. The van der Waals surface area contributed by atoms with Crippen molar-refractivity contribution in [2.75, 3.05) is 28.6 Å². The molecule has 2 aromatic carbocycles. The molecule has 2 N–H and O–H groups in total. The van der Waals surface area contributed by atoms with Crippen molar-refractivity contribution in [2.24, 2.45) is 0 Å². The number of rotatable bonds is 7. The van der Waals surface area contributed by atoms with Crippen molar-refractivity contribution in [2.45, 2.75) is 20.3 Å². The minimum atomic E-state index is -0.410. The number of hydrogen-bond donors (Lipinski definition) is 2. The predicted molar refractivity (Wildman–Crippen MR) is 103 cm³/mol. The Morgan fingerprint density at radius 2 is 1.35 bits per heavy atom. The van der Waals surface area contributed by atoms with Crippen molar-refractivity contribution in [3.63, 3.8) is 0 Å². The van der Waals surface area contributed by atoms with Crippen LogP contribution in [0.15, 0.2) is 48.5 Å². The number of amides is 2. The Bertz CT molecular complexity index is 788. The molecule has 2 amide bonds. The van der Waals surface area contributed by atoms with E-state index in [0.29, 0.717) is 16.9 Å². The molecule has 0 aliphatic carbocycles. The van der Waals surface area contributed by atoms with E-state index in [9.17, 15) is 9.59 Å². The van der Waals surface area contributed by atoms with Gasteiger partial charge in [0.05, 0.1) is 11.6 Å². The Morgan fingerprint density at radius 3 is 1.77 bits per heavy atom. The highest BCUT2D eigenvalue weighted by Crippen LogP contribution is 2.18. The maximum absolute atomic E-state index is 12.0. The summed E-state index contributed by atoms with van der Waals surface area (Å²) < 4.78 is 0. The fraction of sp³-hybridized carbons (Fsp3) is 0.250. The van der Waals surface area contributed by atoms with Crippen LogP contribution in [0.2, 0.25) is 0 Å². The maximum atomic E-state index is 12.0. The molecule has 0 heterocycles. The summed E-state index contributed by atoms with van der Waals surface area (Å²) >= 11 is 0. The lowest BCUT2D eigenvalue weighted by molar-refractivity contribution is -0.123. The number of carbonyl (C=O) groups is 2. The number of nitriles is 1. The van der Waals surface area contributed by atoms with Gasteiger partial charge in [-0.05, 0) is 62.4 Å². The summed E-state index contributed by atoms with van der Waals surface area (Å²) in [5, 5.41) is 14.1. The molecular formula is C20H22N4O2. The van der Waals surface area contributed by atoms with E-state index in [2.05, 4.69) is 29.4 Å². The van der Waals surface area contributed by atoms with Crippen LogP contribution in [0.3, 0.4) is 0 Å². The zero-order valence-electron chi connectivity index (χ0n) is 15.0. The standard InChI is InChI=1S/C20H22N4O2/c1-3-24(4-2)18-11-9-17(10-12-18)23-20(26)13-19(25)22-16-7-5-15(14-21)6-8-16/h5-12H,3-4,13H2,1-2H3,(H,22,25)(H,23,26). The van der Waals surface area contributed by atoms with Gasteiger partial charge in [0.25, 0.3) is 0 Å². The Balaban J connectivity index is 1.87. The van der Waals surface area contributed by atoms with Gasteiger partial charge in [0.2, 0.25) is 11.8 Å². The Labute approximate surface area is 153 Å². The molecule has 2 aromatic rings. The van der Waals surface area contributed by atoms with E-state index in [4.69, 9.17) is 5.26 Å². The van der Waals surface area contributed by atoms with Crippen molar-refractivity contribution < 1.29 is 9.59 Å². The summed E-state index contributed by atoms with van der Waals surface area (Å²) in [6, 6.07) is 16.0. The summed E-state index contributed by atoms with van der Waals surface area (Å²) in [7, 11) is 0. The molecule has 134 valence electrons. The van der Waals surface area contributed by atoms with E-state index in [1.54, 1.807) is 24.3 Å². The van der Waals surface area contributed by atoms with Gasteiger partial charge < -0.3 is 15.5 Å². The lowest BCUT2D eigenvalue weighted by Crippen LogP contribution is -2.22. The summed E-state index contributed by atoms with van der Waals surface area (Å²) in [6.07, 6.45) is -0.280. The Kier molecular flexibility index (Phi) is 6.75. The summed E-state index contributed by atoms with van der Waals surface area (Å²) in [4.78, 5) is 26.2. The quantitative estimate of drug-likeness (QED) is 0.750. The molecular weight excluding hydrogens is 328 g/mol. The highest BCUT2D eigenvalue weighted by atomic mass is 16.2. The maximum Gasteiger partial charge on any atom is 0.233 e. The van der Waals surface area contributed by atoms with E-state index in [1.165, 1.54) is 0 Å². The second-order valence-electron chi connectivity index (χ2n) is 5.68. The minimum absolute atomic E-state index is 0.280. The predicted octanol–water partition coefficient (Wildman–Crippen LogP) is 3.37. The number of anilines is 3. The molecule has 0 radical (unpaired) electrons. The summed E-state index contributed by atoms with van der Waals surface area (Å²) in [5.74, 6) is -0.793. The van der Waals surface area contributed by atoms with Gasteiger partial charge in [-0.25, -0.2) is 0 Å². The van der Waals surface area contributed by atoms with E-state index in [0.717, 1.165) is 18.8 Å².